The van der Waals surface area contributed by atoms with Crippen LogP contribution < -0.4 is 16.4 Å². The molecule has 1 aliphatic rings. The van der Waals surface area contributed by atoms with E-state index in [4.69, 9.17) is 10.7 Å². The first kappa shape index (κ1) is 23.8. The zero-order chi connectivity index (χ0) is 23.9. The molecule has 7 nitrogen and oxygen atoms in total. The smallest absolute Gasteiger partial charge is 0.237 e. The number of hydrogen-bond donors (Lipinski definition) is 3. The number of nitrogens with zero attached hydrogens (tertiary/aromatic N) is 3. The lowest BCUT2D eigenvalue weighted by Crippen LogP contribution is -2.44. The summed E-state index contributed by atoms with van der Waals surface area (Å²) in [5, 5.41) is 6.17. The number of benzene rings is 1. The minimum absolute atomic E-state index is 0.164. The minimum Gasteiger partial charge on any atom is -0.354 e. The number of amides is 1. The molecule has 1 aliphatic carbocycles. The van der Waals surface area contributed by atoms with Crippen LogP contribution in [-0.2, 0) is 11.2 Å². The lowest BCUT2D eigenvalue weighted by molar-refractivity contribution is -0.122. The molecule has 2 heterocycles. The zero-order valence-corrected chi connectivity index (χ0v) is 19.4. The first-order chi connectivity index (χ1) is 16.5. The first-order valence-corrected chi connectivity index (χ1v) is 11.8. The van der Waals surface area contributed by atoms with Crippen molar-refractivity contribution in [2.75, 3.05) is 11.9 Å². The van der Waals surface area contributed by atoms with Crippen molar-refractivity contribution in [3.05, 3.63) is 77.5 Å². The molecule has 0 saturated heterocycles. The maximum absolute atomic E-state index is 13.0. The highest BCUT2D eigenvalue weighted by Crippen LogP contribution is 2.35. The van der Waals surface area contributed by atoms with Crippen molar-refractivity contribution < 1.29 is 9.18 Å². The standard InChI is InChI=1S/C26H31FN6O/c1-17-2-11-24(30-15-17)33-26-29-13-12-23(32-26)20-7-3-19(4-8-20)16-31-25(34)22(28)14-18-5-9-21(27)10-6-18/h2,5-6,9-13,15,19-20,22H,3-4,7-8,14,16,28H2,1H3,(H,31,34)(H,29,30,32,33). The normalized spacial score (nSPS) is 18.8. The van der Waals surface area contributed by atoms with Gasteiger partial charge in [-0.05, 0) is 80.3 Å². The molecule has 178 valence electrons. The van der Waals surface area contributed by atoms with Gasteiger partial charge < -0.3 is 16.4 Å². The molecule has 34 heavy (non-hydrogen) atoms. The molecule has 0 bridgehead atoms. The fourth-order valence-electron chi connectivity index (χ4n) is 4.32. The number of nitrogens with two attached hydrogens (primary N) is 1. The third kappa shape index (κ3) is 6.57. The highest BCUT2D eigenvalue weighted by molar-refractivity contribution is 5.81. The van der Waals surface area contributed by atoms with Crippen molar-refractivity contribution in [2.24, 2.45) is 11.7 Å². The Hall–Kier alpha value is -3.39. The second kappa shape index (κ2) is 11.2. The van der Waals surface area contributed by atoms with Gasteiger partial charge in [0.05, 0.1) is 6.04 Å². The molecule has 1 saturated carbocycles. The lowest BCUT2D eigenvalue weighted by atomic mass is 9.80. The number of carbonyl (C=O) groups excluding carboxylic acids is 1. The summed E-state index contributed by atoms with van der Waals surface area (Å²) >= 11 is 0. The summed E-state index contributed by atoms with van der Waals surface area (Å²) in [7, 11) is 0. The molecule has 1 atom stereocenters. The van der Waals surface area contributed by atoms with Crippen LogP contribution >= 0.6 is 0 Å². The van der Waals surface area contributed by atoms with E-state index in [9.17, 15) is 9.18 Å². The van der Waals surface area contributed by atoms with Crippen molar-refractivity contribution in [3.8, 4) is 0 Å². The third-order valence-corrected chi connectivity index (χ3v) is 6.36. The summed E-state index contributed by atoms with van der Waals surface area (Å²) in [6, 6.07) is 11.3. The predicted molar refractivity (Wildman–Crippen MR) is 130 cm³/mol. The van der Waals surface area contributed by atoms with Crippen LogP contribution in [0.5, 0.6) is 0 Å². The van der Waals surface area contributed by atoms with E-state index >= 15 is 0 Å². The van der Waals surface area contributed by atoms with Crippen molar-refractivity contribution in [3.63, 3.8) is 0 Å². The van der Waals surface area contributed by atoms with E-state index < -0.39 is 6.04 Å². The molecule has 0 aliphatic heterocycles. The molecule has 4 N–H and O–H groups in total. The molecule has 8 heteroatoms. The number of halogens is 1. The summed E-state index contributed by atoms with van der Waals surface area (Å²) in [5.74, 6) is 1.62. The summed E-state index contributed by atoms with van der Waals surface area (Å²) in [4.78, 5) is 25.8. The molecule has 0 spiro atoms. The molecule has 4 rings (SSSR count). The Morgan fingerprint density at radius 2 is 1.85 bits per heavy atom. The predicted octanol–water partition coefficient (Wildman–Crippen LogP) is 4.02. The maximum atomic E-state index is 13.0. The third-order valence-electron chi connectivity index (χ3n) is 6.36. The van der Waals surface area contributed by atoms with Gasteiger partial charge in [-0.2, -0.15) is 0 Å². The van der Waals surface area contributed by atoms with Gasteiger partial charge in [0, 0.05) is 30.6 Å². The number of pyridine rings is 1. The van der Waals surface area contributed by atoms with E-state index in [1.54, 1.807) is 18.3 Å². The van der Waals surface area contributed by atoms with Gasteiger partial charge in [0.2, 0.25) is 11.9 Å². The number of aromatic nitrogens is 3. The molecule has 2 aromatic heterocycles. The van der Waals surface area contributed by atoms with Gasteiger partial charge in [0.1, 0.15) is 11.6 Å². The van der Waals surface area contributed by atoms with Crippen LogP contribution in [0.3, 0.4) is 0 Å². The number of nitrogens with one attached hydrogen (secondary N) is 2. The molecule has 1 fully saturated rings. The van der Waals surface area contributed by atoms with E-state index in [0.29, 0.717) is 30.7 Å². The molecule has 1 aromatic carbocycles. The Kier molecular flexibility index (Phi) is 7.80. The molecule has 1 amide bonds. The summed E-state index contributed by atoms with van der Waals surface area (Å²) in [6.07, 6.45) is 8.05. The van der Waals surface area contributed by atoms with Gasteiger partial charge in [-0.15, -0.1) is 0 Å². The van der Waals surface area contributed by atoms with Gasteiger partial charge in [-0.25, -0.2) is 19.3 Å². The van der Waals surface area contributed by atoms with Crippen molar-refractivity contribution in [1.82, 2.24) is 20.3 Å². The number of rotatable bonds is 8. The lowest BCUT2D eigenvalue weighted by Gasteiger charge is -2.28. The zero-order valence-electron chi connectivity index (χ0n) is 19.4. The van der Waals surface area contributed by atoms with Gasteiger partial charge in [-0.3, -0.25) is 4.79 Å². The van der Waals surface area contributed by atoms with E-state index in [1.807, 2.05) is 31.3 Å². The van der Waals surface area contributed by atoms with Crippen molar-refractivity contribution in [1.29, 1.82) is 0 Å². The summed E-state index contributed by atoms with van der Waals surface area (Å²) < 4.78 is 13.0. The van der Waals surface area contributed by atoms with E-state index in [1.165, 1.54) is 12.1 Å². The van der Waals surface area contributed by atoms with Crippen LogP contribution in [0.1, 0.15) is 48.4 Å². The molecule has 1 unspecified atom stereocenters. The fourth-order valence-corrected chi connectivity index (χ4v) is 4.32. The van der Waals surface area contributed by atoms with Crippen LogP contribution in [-0.4, -0.2) is 33.4 Å². The average molecular weight is 463 g/mol. The Morgan fingerprint density at radius 3 is 2.56 bits per heavy atom. The Morgan fingerprint density at radius 1 is 1.09 bits per heavy atom. The van der Waals surface area contributed by atoms with Crippen molar-refractivity contribution >= 4 is 17.7 Å². The van der Waals surface area contributed by atoms with Crippen LogP contribution in [0.4, 0.5) is 16.2 Å². The Balaban J connectivity index is 1.23. The van der Waals surface area contributed by atoms with E-state index in [-0.39, 0.29) is 11.7 Å². The van der Waals surface area contributed by atoms with E-state index in [2.05, 4.69) is 20.6 Å². The first-order valence-electron chi connectivity index (χ1n) is 11.8. The largest absolute Gasteiger partial charge is 0.354 e. The second-order valence-electron chi connectivity index (χ2n) is 9.05. The van der Waals surface area contributed by atoms with E-state index in [0.717, 1.165) is 48.3 Å². The topological polar surface area (TPSA) is 106 Å². The quantitative estimate of drug-likeness (QED) is 0.467. The Labute approximate surface area is 199 Å². The monoisotopic (exact) mass is 462 g/mol. The number of aryl methyl sites for hydroxylation is 1. The average Bonchev–Trinajstić information content (AvgIpc) is 2.86. The molecular weight excluding hydrogens is 431 g/mol. The van der Waals surface area contributed by atoms with Gasteiger partial charge in [0.25, 0.3) is 0 Å². The molecular formula is C26H31FN6O. The Bertz CT molecular complexity index is 1080. The van der Waals surface area contributed by atoms with Gasteiger partial charge >= 0.3 is 0 Å². The fraction of sp³-hybridized carbons (Fsp3) is 0.385. The van der Waals surface area contributed by atoms with Crippen LogP contribution in [0.15, 0.2) is 54.9 Å². The maximum Gasteiger partial charge on any atom is 0.237 e. The highest BCUT2D eigenvalue weighted by atomic mass is 19.1. The number of carbonyl (C=O) groups is 1. The highest BCUT2D eigenvalue weighted by Gasteiger charge is 2.24. The van der Waals surface area contributed by atoms with Gasteiger partial charge in [0.15, 0.2) is 0 Å². The van der Waals surface area contributed by atoms with Crippen LogP contribution in [0, 0.1) is 18.7 Å². The summed E-state index contributed by atoms with van der Waals surface area (Å²) in [6.45, 7) is 2.62. The molecule has 0 radical (unpaired) electrons. The summed E-state index contributed by atoms with van der Waals surface area (Å²) in [5.41, 5.74) is 9.03. The minimum atomic E-state index is -0.642. The SMILES string of the molecule is Cc1ccc(Nc2nccc(C3CCC(CNC(=O)C(N)Cc4ccc(F)cc4)CC3)n2)nc1. The van der Waals surface area contributed by atoms with Crippen LogP contribution in [0.25, 0.3) is 0 Å². The van der Waals surface area contributed by atoms with Crippen LogP contribution in [0.2, 0.25) is 0 Å². The molecule has 3 aromatic rings. The van der Waals surface area contributed by atoms with Gasteiger partial charge in [-0.1, -0.05) is 18.2 Å². The number of hydrogen-bond acceptors (Lipinski definition) is 6. The van der Waals surface area contributed by atoms with Crippen molar-refractivity contribution in [2.45, 2.75) is 51.0 Å². The number of anilines is 2. The second-order valence-corrected chi connectivity index (χ2v) is 9.05.